The van der Waals surface area contributed by atoms with Gasteiger partial charge in [0.05, 0.1) is 19.1 Å². The molecule has 4 rings (SSSR count). The molecule has 0 atom stereocenters. The third kappa shape index (κ3) is 8.04. The zero-order valence-corrected chi connectivity index (χ0v) is 24.1. The second kappa shape index (κ2) is 14.7. The molecule has 0 spiro atoms. The van der Waals surface area contributed by atoms with Crippen LogP contribution in [0.5, 0.6) is 17.6 Å². The van der Waals surface area contributed by atoms with E-state index in [1.165, 1.54) is 31.4 Å². The molecule has 17 nitrogen and oxygen atoms in total. The highest BCUT2D eigenvalue weighted by molar-refractivity contribution is 6.06. The van der Waals surface area contributed by atoms with Gasteiger partial charge in [-0.05, 0) is 35.9 Å². The molecule has 3 aromatic heterocycles. The standard InChI is InChI=1S/C29H24N6O11/c1-43-26-19(30-25(39)18-12-13-22(35(41)42)28(33-18)45-14-16-6-4-3-5-7-16)9-8-17(32-26)24(38)31-20-10-11-21(29(40)44-2)34-27(20)46-15-23(36)37/h3-13H,14-15H2,1-2H3,(H,30,39)(H,31,38)(H,36,37). The Morgan fingerprint density at radius 2 is 1.33 bits per heavy atom. The van der Waals surface area contributed by atoms with Crippen LogP contribution in [0.3, 0.4) is 0 Å². The van der Waals surface area contributed by atoms with Gasteiger partial charge in [-0.3, -0.25) is 19.7 Å². The molecule has 46 heavy (non-hydrogen) atoms. The summed E-state index contributed by atoms with van der Waals surface area (Å²) < 4.78 is 20.5. The van der Waals surface area contributed by atoms with E-state index < -0.39 is 41.0 Å². The number of carbonyl (C=O) groups is 4. The molecule has 17 heteroatoms. The molecule has 0 saturated heterocycles. The summed E-state index contributed by atoms with van der Waals surface area (Å²) in [5.74, 6) is -4.63. The Morgan fingerprint density at radius 1 is 0.761 bits per heavy atom. The van der Waals surface area contributed by atoms with Crippen LogP contribution in [0.25, 0.3) is 0 Å². The number of hydrogen-bond acceptors (Lipinski definition) is 13. The van der Waals surface area contributed by atoms with Crippen molar-refractivity contribution in [1.29, 1.82) is 0 Å². The van der Waals surface area contributed by atoms with Gasteiger partial charge in [0.15, 0.2) is 12.3 Å². The minimum absolute atomic E-state index is 0.0281. The molecule has 0 aliphatic heterocycles. The summed E-state index contributed by atoms with van der Waals surface area (Å²) in [5.41, 5.74) is -0.355. The fourth-order valence-electron chi connectivity index (χ4n) is 3.71. The Balaban J connectivity index is 1.52. The lowest BCUT2D eigenvalue weighted by Gasteiger charge is -2.13. The van der Waals surface area contributed by atoms with Gasteiger partial charge in [-0.15, -0.1) is 0 Å². The topological polar surface area (TPSA) is 231 Å². The molecule has 236 valence electrons. The Kier molecular flexibility index (Phi) is 10.3. The first-order valence-corrected chi connectivity index (χ1v) is 13.0. The lowest BCUT2D eigenvalue weighted by Crippen LogP contribution is -2.19. The number of carbonyl (C=O) groups excluding carboxylic acids is 3. The molecule has 0 radical (unpaired) electrons. The molecule has 0 saturated carbocycles. The van der Waals surface area contributed by atoms with Gasteiger partial charge in [0, 0.05) is 6.07 Å². The number of methoxy groups -OCH3 is 2. The predicted molar refractivity (Wildman–Crippen MR) is 157 cm³/mol. The van der Waals surface area contributed by atoms with E-state index in [2.05, 4.69) is 30.3 Å². The van der Waals surface area contributed by atoms with Crippen LogP contribution in [0.2, 0.25) is 0 Å². The number of carboxylic acid groups (broad SMARTS) is 1. The fourth-order valence-corrected chi connectivity index (χ4v) is 3.71. The number of pyridine rings is 3. The predicted octanol–water partition coefficient (Wildman–Crippen LogP) is 3.12. The molecule has 4 aromatic rings. The lowest BCUT2D eigenvalue weighted by molar-refractivity contribution is -0.386. The van der Waals surface area contributed by atoms with Crippen molar-refractivity contribution in [1.82, 2.24) is 15.0 Å². The number of rotatable bonds is 13. The summed E-state index contributed by atoms with van der Waals surface area (Å²) in [6.45, 7) is -0.842. The van der Waals surface area contributed by atoms with E-state index in [-0.39, 0.29) is 52.7 Å². The van der Waals surface area contributed by atoms with Crippen molar-refractivity contribution in [2.24, 2.45) is 0 Å². The summed E-state index contributed by atoms with van der Waals surface area (Å²) in [4.78, 5) is 71.7. The Labute approximate surface area is 259 Å². The molecule has 0 bridgehead atoms. The van der Waals surface area contributed by atoms with Gasteiger partial charge in [-0.2, -0.15) is 0 Å². The molecule has 0 aliphatic rings. The average Bonchev–Trinajstić information content (AvgIpc) is 3.06. The van der Waals surface area contributed by atoms with Crippen molar-refractivity contribution < 1.29 is 48.2 Å². The van der Waals surface area contributed by atoms with Crippen molar-refractivity contribution >= 4 is 40.8 Å². The summed E-state index contributed by atoms with van der Waals surface area (Å²) in [7, 11) is 2.37. The normalized spacial score (nSPS) is 10.3. The molecule has 0 aliphatic carbocycles. The van der Waals surface area contributed by atoms with Crippen LogP contribution in [-0.2, 0) is 16.1 Å². The molecule has 1 aromatic carbocycles. The molecule has 2 amide bonds. The van der Waals surface area contributed by atoms with Gasteiger partial charge in [0.2, 0.25) is 11.8 Å². The SMILES string of the molecule is COC(=O)c1ccc(NC(=O)c2ccc(NC(=O)c3ccc([N+](=O)[O-])c(OCc4ccccc4)n3)c(OC)n2)c(OCC(=O)O)n1. The van der Waals surface area contributed by atoms with Crippen LogP contribution < -0.4 is 24.8 Å². The number of ether oxygens (including phenoxy) is 4. The number of nitrogens with one attached hydrogen (secondary N) is 2. The van der Waals surface area contributed by atoms with E-state index in [1.54, 1.807) is 30.3 Å². The highest BCUT2D eigenvalue weighted by Gasteiger charge is 2.23. The first kappa shape index (κ1) is 32.3. The minimum Gasteiger partial charge on any atom is -0.479 e. The highest BCUT2D eigenvalue weighted by Crippen LogP contribution is 2.28. The number of nitrogens with zero attached hydrogens (tertiary/aromatic N) is 4. The second-order valence-electron chi connectivity index (χ2n) is 8.94. The number of benzene rings is 1. The Morgan fingerprint density at radius 3 is 1.91 bits per heavy atom. The molecular formula is C29H24N6O11. The third-order valence-electron chi connectivity index (χ3n) is 5.86. The summed E-state index contributed by atoms with van der Waals surface area (Å²) in [6, 6.07) is 16.2. The van der Waals surface area contributed by atoms with Crippen molar-refractivity contribution in [2.75, 3.05) is 31.5 Å². The van der Waals surface area contributed by atoms with E-state index >= 15 is 0 Å². The Hall–Kier alpha value is -6.65. The van der Waals surface area contributed by atoms with Gasteiger partial charge in [0.25, 0.3) is 17.7 Å². The van der Waals surface area contributed by atoms with Gasteiger partial charge in [-0.1, -0.05) is 30.3 Å². The quantitative estimate of drug-likeness (QED) is 0.109. The number of nitro groups is 1. The first-order valence-electron chi connectivity index (χ1n) is 13.0. The van der Waals surface area contributed by atoms with Crippen molar-refractivity contribution in [2.45, 2.75) is 6.61 Å². The van der Waals surface area contributed by atoms with E-state index in [1.807, 2.05) is 0 Å². The average molecular weight is 633 g/mol. The summed E-state index contributed by atoms with van der Waals surface area (Å²) in [5, 5.41) is 25.4. The number of hydrogen-bond donors (Lipinski definition) is 3. The second-order valence-corrected chi connectivity index (χ2v) is 8.94. The molecular weight excluding hydrogens is 608 g/mol. The van der Waals surface area contributed by atoms with Crippen molar-refractivity contribution in [3.8, 4) is 17.6 Å². The maximum Gasteiger partial charge on any atom is 0.356 e. The van der Waals surface area contributed by atoms with Crippen molar-refractivity contribution in [3.05, 3.63) is 99.5 Å². The summed E-state index contributed by atoms with van der Waals surface area (Å²) in [6.07, 6.45) is 0. The zero-order valence-electron chi connectivity index (χ0n) is 24.1. The lowest BCUT2D eigenvalue weighted by atomic mass is 10.2. The first-order chi connectivity index (χ1) is 22.1. The zero-order chi connectivity index (χ0) is 33.2. The van der Waals surface area contributed by atoms with Gasteiger partial charge < -0.3 is 34.7 Å². The minimum atomic E-state index is -1.33. The molecule has 0 unspecified atom stereocenters. The number of carboxylic acids is 1. The van der Waals surface area contributed by atoms with Crippen LogP contribution in [0, 0.1) is 10.1 Å². The van der Waals surface area contributed by atoms with Crippen LogP contribution in [-0.4, -0.2) is 69.6 Å². The van der Waals surface area contributed by atoms with E-state index in [0.717, 1.165) is 24.8 Å². The maximum absolute atomic E-state index is 13.0. The number of esters is 1. The molecule has 0 fully saturated rings. The highest BCUT2D eigenvalue weighted by atomic mass is 16.6. The molecule has 3 heterocycles. The summed E-state index contributed by atoms with van der Waals surface area (Å²) >= 11 is 0. The van der Waals surface area contributed by atoms with E-state index in [9.17, 15) is 29.3 Å². The van der Waals surface area contributed by atoms with Gasteiger partial charge in [0.1, 0.15) is 29.4 Å². The third-order valence-corrected chi connectivity index (χ3v) is 5.86. The number of aromatic nitrogens is 3. The van der Waals surface area contributed by atoms with Crippen LogP contribution in [0.15, 0.2) is 66.7 Å². The fraction of sp³-hybridized carbons (Fsp3) is 0.138. The van der Waals surface area contributed by atoms with Crippen molar-refractivity contribution in [3.63, 3.8) is 0 Å². The van der Waals surface area contributed by atoms with Gasteiger partial charge in [-0.25, -0.2) is 24.5 Å². The van der Waals surface area contributed by atoms with Crippen LogP contribution in [0.4, 0.5) is 17.1 Å². The van der Waals surface area contributed by atoms with Crippen LogP contribution >= 0.6 is 0 Å². The number of aliphatic carboxylic acids is 1. The smallest absolute Gasteiger partial charge is 0.356 e. The Bertz CT molecular complexity index is 1800. The monoisotopic (exact) mass is 632 g/mol. The van der Waals surface area contributed by atoms with Gasteiger partial charge >= 0.3 is 17.6 Å². The van der Waals surface area contributed by atoms with Crippen LogP contribution in [0.1, 0.15) is 37.0 Å². The maximum atomic E-state index is 13.0. The van der Waals surface area contributed by atoms with E-state index in [0.29, 0.717) is 0 Å². The van der Waals surface area contributed by atoms with E-state index in [4.69, 9.17) is 19.3 Å². The number of anilines is 2. The molecule has 3 N–H and O–H groups in total. The number of amides is 2. The largest absolute Gasteiger partial charge is 0.479 e.